The Labute approximate surface area is 170 Å². The Bertz CT molecular complexity index is 967. The first kappa shape index (κ1) is 20.4. The maximum atomic E-state index is 12.9. The SMILES string of the molecule is COc1ccc(-c2nn(-c3ccccc3)cc2C(=O)NCCC(C)N)cc1OC. The third kappa shape index (κ3) is 4.75. The Kier molecular flexibility index (Phi) is 6.51. The minimum absolute atomic E-state index is 0.0210. The first-order chi connectivity index (χ1) is 14.0. The minimum Gasteiger partial charge on any atom is -0.493 e. The fraction of sp³-hybridized carbons (Fsp3) is 0.273. The van der Waals surface area contributed by atoms with E-state index in [4.69, 9.17) is 15.2 Å². The van der Waals surface area contributed by atoms with Crippen molar-refractivity contribution in [3.63, 3.8) is 0 Å². The lowest BCUT2D eigenvalue weighted by Gasteiger charge is -2.10. The van der Waals surface area contributed by atoms with Crippen LogP contribution >= 0.6 is 0 Å². The third-order valence-corrected chi connectivity index (χ3v) is 4.52. The quantitative estimate of drug-likeness (QED) is 0.613. The van der Waals surface area contributed by atoms with Gasteiger partial charge in [0.2, 0.25) is 0 Å². The number of nitrogens with two attached hydrogens (primary N) is 1. The van der Waals surface area contributed by atoms with Crippen LogP contribution < -0.4 is 20.5 Å². The summed E-state index contributed by atoms with van der Waals surface area (Å²) in [5.74, 6) is 0.988. The lowest BCUT2D eigenvalue weighted by atomic mass is 10.1. The smallest absolute Gasteiger partial charge is 0.255 e. The summed E-state index contributed by atoms with van der Waals surface area (Å²) in [7, 11) is 3.16. The lowest BCUT2D eigenvalue weighted by molar-refractivity contribution is 0.0953. The van der Waals surface area contributed by atoms with Gasteiger partial charge in [-0.25, -0.2) is 4.68 Å². The van der Waals surface area contributed by atoms with E-state index < -0.39 is 0 Å². The van der Waals surface area contributed by atoms with Gasteiger partial charge in [0.1, 0.15) is 5.69 Å². The predicted octanol–water partition coefficient (Wildman–Crippen LogP) is 3.02. The molecule has 29 heavy (non-hydrogen) atoms. The first-order valence-corrected chi connectivity index (χ1v) is 9.44. The molecule has 0 spiro atoms. The summed E-state index contributed by atoms with van der Waals surface area (Å²) >= 11 is 0. The number of benzene rings is 2. The van der Waals surface area contributed by atoms with E-state index in [0.717, 1.165) is 11.3 Å². The summed E-state index contributed by atoms with van der Waals surface area (Å²) in [5.41, 5.74) is 8.45. The first-order valence-electron chi connectivity index (χ1n) is 9.44. The molecule has 0 bridgehead atoms. The number of carbonyl (C=O) groups is 1. The molecule has 0 fully saturated rings. The average Bonchev–Trinajstić information content (AvgIpc) is 3.19. The summed E-state index contributed by atoms with van der Waals surface area (Å²) in [5, 5.41) is 7.61. The van der Waals surface area contributed by atoms with Gasteiger partial charge < -0.3 is 20.5 Å². The topological polar surface area (TPSA) is 91.4 Å². The largest absolute Gasteiger partial charge is 0.493 e. The van der Waals surface area contributed by atoms with Crippen molar-refractivity contribution in [2.45, 2.75) is 19.4 Å². The maximum absolute atomic E-state index is 12.9. The molecule has 1 amide bonds. The fourth-order valence-electron chi connectivity index (χ4n) is 2.96. The van der Waals surface area contributed by atoms with Gasteiger partial charge in [0.25, 0.3) is 5.91 Å². The van der Waals surface area contributed by atoms with Gasteiger partial charge in [0, 0.05) is 24.3 Å². The zero-order valence-corrected chi connectivity index (χ0v) is 16.9. The van der Waals surface area contributed by atoms with Crippen molar-refractivity contribution < 1.29 is 14.3 Å². The Hall–Kier alpha value is -3.32. The molecule has 0 saturated heterocycles. The van der Waals surface area contributed by atoms with Crippen molar-refractivity contribution in [1.82, 2.24) is 15.1 Å². The molecule has 3 N–H and O–H groups in total. The number of aromatic nitrogens is 2. The summed E-state index contributed by atoms with van der Waals surface area (Å²) in [6.07, 6.45) is 2.44. The fourth-order valence-corrected chi connectivity index (χ4v) is 2.96. The molecule has 7 heteroatoms. The Balaban J connectivity index is 2.02. The highest BCUT2D eigenvalue weighted by molar-refractivity contribution is 6.00. The van der Waals surface area contributed by atoms with Gasteiger partial charge in [-0.2, -0.15) is 5.10 Å². The molecule has 3 rings (SSSR count). The van der Waals surface area contributed by atoms with Crippen LogP contribution in [0.1, 0.15) is 23.7 Å². The summed E-state index contributed by atoms with van der Waals surface area (Å²) in [6.45, 7) is 2.41. The van der Waals surface area contributed by atoms with Crippen molar-refractivity contribution >= 4 is 5.91 Å². The van der Waals surface area contributed by atoms with Gasteiger partial charge in [-0.05, 0) is 43.7 Å². The normalized spacial score (nSPS) is 11.7. The Morgan fingerprint density at radius 1 is 1.14 bits per heavy atom. The van der Waals surface area contributed by atoms with Crippen LogP contribution in [-0.2, 0) is 0 Å². The second-order valence-corrected chi connectivity index (χ2v) is 6.76. The van der Waals surface area contributed by atoms with Gasteiger partial charge in [0.05, 0.1) is 25.5 Å². The van der Waals surface area contributed by atoms with E-state index >= 15 is 0 Å². The van der Waals surface area contributed by atoms with Crippen molar-refractivity contribution in [3.05, 3.63) is 60.3 Å². The minimum atomic E-state index is -0.197. The number of rotatable bonds is 8. The average molecular weight is 394 g/mol. The van der Waals surface area contributed by atoms with Crippen LogP contribution in [0.3, 0.4) is 0 Å². The highest BCUT2D eigenvalue weighted by atomic mass is 16.5. The molecule has 3 aromatic rings. The van der Waals surface area contributed by atoms with E-state index in [1.807, 2.05) is 49.4 Å². The monoisotopic (exact) mass is 394 g/mol. The molecule has 0 aliphatic carbocycles. The number of nitrogens with zero attached hydrogens (tertiary/aromatic N) is 2. The molecule has 2 aromatic carbocycles. The van der Waals surface area contributed by atoms with Crippen LogP contribution in [0.5, 0.6) is 11.5 Å². The summed E-state index contributed by atoms with van der Waals surface area (Å²) in [4.78, 5) is 12.9. The number of nitrogens with one attached hydrogen (secondary N) is 1. The second-order valence-electron chi connectivity index (χ2n) is 6.76. The Morgan fingerprint density at radius 3 is 2.52 bits per heavy atom. The number of hydrogen-bond donors (Lipinski definition) is 2. The number of ether oxygens (including phenoxy) is 2. The van der Waals surface area contributed by atoms with Crippen molar-refractivity contribution in [1.29, 1.82) is 0 Å². The zero-order valence-electron chi connectivity index (χ0n) is 16.9. The van der Waals surface area contributed by atoms with Crippen molar-refractivity contribution in [3.8, 4) is 28.4 Å². The molecule has 0 saturated carbocycles. The molecular weight excluding hydrogens is 368 g/mol. The van der Waals surface area contributed by atoms with Gasteiger partial charge in [-0.3, -0.25) is 4.79 Å². The van der Waals surface area contributed by atoms with Crippen LogP contribution in [0.15, 0.2) is 54.7 Å². The molecular formula is C22H26N4O3. The maximum Gasteiger partial charge on any atom is 0.255 e. The molecule has 0 aliphatic rings. The van der Waals surface area contributed by atoms with Gasteiger partial charge in [-0.15, -0.1) is 0 Å². The van der Waals surface area contributed by atoms with E-state index in [-0.39, 0.29) is 11.9 Å². The molecule has 1 atom stereocenters. The number of carbonyl (C=O) groups excluding carboxylic acids is 1. The lowest BCUT2D eigenvalue weighted by Crippen LogP contribution is -2.29. The van der Waals surface area contributed by atoms with E-state index in [0.29, 0.717) is 35.7 Å². The van der Waals surface area contributed by atoms with E-state index in [1.54, 1.807) is 31.2 Å². The highest BCUT2D eigenvalue weighted by Crippen LogP contribution is 2.33. The van der Waals surface area contributed by atoms with E-state index in [2.05, 4.69) is 10.4 Å². The number of para-hydroxylation sites is 1. The molecule has 0 aliphatic heterocycles. The number of amides is 1. The van der Waals surface area contributed by atoms with Gasteiger partial charge in [0.15, 0.2) is 11.5 Å². The number of methoxy groups -OCH3 is 2. The van der Waals surface area contributed by atoms with Crippen LogP contribution in [0, 0.1) is 0 Å². The standard InChI is InChI=1S/C22H26N4O3/c1-15(23)11-12-24-22(27)18-14-26(17-7-5-4-6-8-17)25-21(18)16-9-10-19(28-2)20(13-16)29-3/h4-10,13-15H,11-12,23H2,1-3H3,(H,24,27). The third-order valence-electron chi connectivity index (χ3n) is 4.52. The zero-order chi connectivity index (χ0) is 20.8. The molecule has 1 unspecified atom stereocenters. The van der Waals surface area contributed by atoms with E-state index in [1.165, 1.54) is 0 Å². The molecule has 1 aromatic heterocycles. The molecule has 152 valence electrons. The van der Waals surface area contributed by atoms with Crippen LogP contribution in [0.4, 0.5) is 0 Å². The van der Waals surface area contributed by atoms with Crippen molar-refractivity contribution in [2.75, 3.05) is 20.8 Å². The predicted molar refractivity (Wildman–Crippen MR) is 113 cm³/mol. The van der Waals surface area contributed by atoms with Gasteiger partial charge >= 0.3 is 0 Å². The second kappa shape index (κ2) is 9.25. The van der Waals surface area contributed by atoms with Gasteiger partial charge in [-0.1, -0.05) is 18.2 Å². The van der Waals surface area contributed by atoms with Crippen LogP contribution in [0.2, 0.25) is 0 Å². The highest BCUT2D eigenvalue weighted by Gasteiger charge is 2.20. The summed E-state index contributed by atoms with van der Waals surface area (Å²) < 4.78 is 12.4. The molecule has 7 nitrogen and oxygen atoms in total. The van der Waals surface area contributed by atoms with Crippen LogP contribution in [0.25, 0.3) is 16.9 Å². The summed E-state index contributed by atoms with van der Waals surface area (Å²) in [6, 6.07) is 15.1. The molecule has 1 heterocycles. The van der Waals surface area contributed by atoms with E-state index in [9.17, 15) is 4.79 Å². The molecule has 0 radical (unpaired) electrons. The number of hydrogen-bond acceptors (Lipinski definition) is 5. The van der Waals surface area contributed by atoms with Crippen LogP contribution in [-0.4, -0.2) is 42.5 Å². The van der Waals surface area contributed by atoms with Crippen molar-refractivity contribution in [2.24, 2.45) is 5.73 Å². The Morgan fingerprint density at radius 2 is 1.86 bits per heavy atom.